The Balaban J connectivity index is 2.86. The van der Waals surface area contributed by atoms with Crippen LogP contribution in [-0.2, 0) is 0 Å². The summed E-state index contributed by atoms with van der Waals surface area (Å²) in [7, 11) is 0. The van der Waals surface area contributed by atoms with Crippen LogP contribution in [0.15, 0.2) is 18.2 Å². The quantitative estimate of drug-likeness (QED) is 0.633. The van der Waals surface area contributed by atoms with Gasteiger partial charge < -0.3 is 11.1 Å². The van der Waals surface area contributed by atoms with Gasteiger partial charge in [0.1, 0.15) is 0 Å². The molecule has 2 nitrogen and oxygen atoms in total. The SMILES string of the molecule is CCNc1ccc(N)c(C)c1. The lowest BCUT2D eigenvalue weighted by Crippen LogP contribution is -1.97. The third kappa shape index (κ3) is 1.87. The van der Waals surface area contributed by atoms with E-state index in [1.807, 2.05) is 19.1 Å². The summed E-state index contributed by atoms with van der Waals surface area (Å²) in [5.41, 5.74) is 8.78. The number of nitrogen functional groups attached to an aromatic ring is 1. The first-order valence-corrected chi connectivity index (χ1v) is 3.84. The highest BCUT2D eigenvalue weighted by molar-refractivity contribution is 5.56. The van der Waals surface area contributed by atoms with Crippen molar-refractivity contribution in [3.8, 4) is 0 Å². The van der Waals surface area contributed by atoms with Crippen LogP contribution in [-0.4, -0.2) is 6.54 Å². The van der Waals surface area contributed by atoms with Crippen molar-refractivity contribution in [2.24, 2.45) is 0 Å². The first kappa shape index (κ1) is 7.92. The molecule has 0 radical (unpaired) electrons. The van der Waals surface area contributed by atoms with Crippen molar-refractivity contribution >= 4 is 11.4 Å². The van der Waals surface area contributed by atoms with Gasteiger partial charge in [-0.1, -0.05) is 0 Å². The zero-order chi connectivity index (χ0) is 8.27. The predicted molar refractivity (Wildman–Crippen MR) is 49.8 cm³/mol. The highest BCUT2D eigenvalue weighted by Crippen LogP contribution is 2.15. The molecule has 3 N–H and O–H groups in total. The number of hydrogen-bond acceptors (Lipinski definition) is 2. The second kappa shape index (κ2) is 3.28. The van der Waals surface area contributed by atoms with Gasteiger partial charge in [0.05, 0.1) is 0 Å². The van der Waals surface area contributed by atoms with Gasteiger partial charge in [0.15, 0.2) is 0 Å². The number of benzene rings is 1. The molecule has 0 bridgehead atoms. The van der Waals surface area contributed by atoms with Crippen LogP contribution in [0.1, 0.15) is 12.5 Å². The molecule has 0 atom stereocenters. The highest BCUT2D eigenvalue weighted by Gasteiger charge is 1.93. The summed E-state index contributed by atoms with van der Waals surface area (Å²) in [4.78, 5) is 0. The Morgan fingerprint density at radius 1 is 1.45 bits per heavy atom. The molecule has 1 rings (SSSR count). The Hall–Kier alpha value is -1.18. The monoisotopic (exact) mass is 150 g/mol. The smallest absolute Gasteiger partial charge is 0.0345 e. The molecule has 0 aliphatic rings. The number of anilines is 2. The number of hydrogen-bond donors (Lipinski definition) is 2. The van der Waals surface area contributed by atoms with E-state index in [-0.39, 0.29) is 0 Å². The molecule has 0 aliphatic carbocycles. The van der Waals surface area contributed by atoms with E-state index in [9.17, 15) is 0 Å². The van der Waals surface area contributed by atoms with E-state index >= 15 is 0 Å². The lowest BCUT2D eigenvalue weighted by molar-refractivity contribution is 1.21. The number of nitrogens with one attached hydrogen (secondary N) is 1. The molecule has 0 heterocycles. The molecule has 0 saturated carbocycles. The average Bonchev–Trinajstić information content (AvgIpc) is 1.98. The molecule has 2 heteroatoms. The maximum absolute atomic E-state index is 5.66. The van der Waals surface area contributed by atoms with Gasteiger partial charge in [-0.2, -0.15) is 0 Å². The lowest BCUT2D eigenvalue weighted by Gasteiger charge is -2.05. The van der Waals surface area contributed by atoms with Gasteiger partial charge in [-0.05, 0) is 37.6 Å². The van der Waals surface area contributed by atoms with Crippen LogP contribution in [0.4, 0.5) is 11.4 Å². The number of nitrogens with two attached hydrogens (primary N) is 1. The fraction of sp³-hybridized carbons (Fsp3) is 0.333. The average molecular weight is 150 g/mol. The molecule has 0 aromatic heterocycles. The summed E-state index contributed by atoms with van der Waals surface area (Å²) in [6.07, 6.45) is 0. The molecule has 11 heavy (non-hydrogen) atoms. The van der Waals surface area contributed by atoms with Crippen LogP contribution in [0.25, 0.3) is 0 Å². The lowest BCUT2D eigenvalue weighted by atomic mass is 10.2. The topological polar surface area (TPSA) is 38.0 Å². The van der Waals surface area contributed by atoms with Gasteiger partial charge in [-0.25, -0.2) is 0 Å². The van der Waals surface area contributed by atoms with Crippen LogP contribution >= 0.6 is 0 Å². The molecule has 0 fully saturated rings. The van der Waals surface area contributed by atoms with E-state index in [2.05, 4.69) is 18.3 Å². The van der Waals surface area contributed by atoms with Gasteiger partial charge in [-0.15, -0.1) is 0 Å². The second-order valence-electron chi connectivity index (χ2n) is 2.60. The molecular weight excluding hydrogens is 136 g/mol. The largest absolute Gasteiger partial charge is 0.399 e. The Kier molecular flexibility index (Phi) is 2.36. The minimum Gasteiger partial charge on any atom is -0.399 e. The van der Waals surface area contributed by atoms with E-state index in [1.54, 1.807) is 0 Å². The fourth-order valence-corrected chi connectivity index (χ4v) is 0.990. The van der Waals surface area contributed by atoms with Gasteiger partial charge >= 0.3 is 0 Å². The molecule has 1 aromatic carbocycles. The van der Waals surface area contributed by atoms with Crippen LogP contribution in [0, 0.1) is 6.92 Å². The van der Waals surface area contributed by atoms with E-state index in [0.29, 0.717) is 0 Å². The Bertz CT molecular complexity index is 243. The Labute approximate surface area is 67.4 Å². The minimum absolute atomic E-state index is 0.853. The summed E-state index contributed by atoms with van der Waals surface area (Å²) in [5, 5.41) is 3.22. The standard InChI is InChI=1S/C9H14N2/c1-3-11-8-4-5-9(10)7(2)6-8/h4-6,11H,3,10H2,1-2H3. The first-order valence-electron chi connectivity index (χ1n) is 3.84. The summed E-state index contributed by atoms with van der Waals surface area (Å²) >= 11 is 0. The number of aryl methyl sites for hydroxylation is 1. The van der Waals surface area contributed by atoms with Gasteiger partial charge in [0.2, 0.25) is 0 Å². The molecule has 0 spiro atoms. The molecule has 0 amide bonds. The van der Waals surface area contributed by atoms with Crippen LogP contribution in [0.3, 0.4) is 0 Å². The van der Waals surface area contributed by atoms with Crippen LogP contribution in [0.5, 0.6) is 0 Å². The number of rotatable bonds is 2. The first-order chi connectivity index (χ1) is 5.24. The third-order valence-corrected chi connectivity index (χ3v) is 1.65. The summed E-state index contributed by atoms with van der Waals surface area (Å²) in [6, 6.07) is 5.97. The van der Waals surface area contributed by atoms with E-state index in [4.69, 9.17) is 5.73 Å². The van der Waals surface area contributed by atoms with Gasteiger partial charge in [-0.3, -0.25) is 0 Å². The van der Waals surface area contributed by atoms with Crippen molar-refractivity contribution in [3.63, 3.8) is 0 Å². The maximum Gasteiger partial charge on any atom is 0.0345 e. The van der Waals surface area contributed by atoms with Gasteiger partial charge in [0.25, 0.3) is 0 Å². The molecular formula is C9H14N2. The molecule has 60 valence electrons. The van der Waals surface area contributed by atoms with E-state index in [0.717, 1.165) is 23.5 Å². The summed E-state index contributed by atoms with van der Waals surface area (Å²) < 4.78 is 0. The Morgan fingerprint density at radius 2 is 2.18 bits per heavy atom. The minimum atomic E-state index is 0.853. The summed E-state index contributed by atoms with van der Waals surface area (Å²) in [5.74, 6) is 0. The van der Waals surface area contributed by atoms with Crippen molar-refractivity contribution in [1.82, 2.24) is 0 Å². The van der Waals surface area contributed by atoms with Gasteiger partial charge in [0, 0.05) is 17.9 Å². The second-order valence-corrected chi connectivity index (χ2v) is 2.60. The van der Waals surface area contributed by atoms with Crippen molar-refractivity contribution in [2.45, 2.75) is 13.8 Å². The van der Waals surface area contributed by atoms with Crippen LogP contribution < -0.4 is 11.1 Å². The fourth-order valence-electron chi connectivity index (χ4n) is 0.990. The highest BCUT2D eigenvalue weighted by atomic mass is 14.8. The Morgan fingerprint density at radius 3 is 2.73 bits per heavy atom. The molecule has 0 saturated heterocycles. The summed E-state index contributed by atoms with van der Waals surface area (Å²) in [6.45, 7) is 5.03. The molecule has 1 aromatic rings. The van der Waals surface area contributed by atoms with Crippen molar-refractivity contribution in [2.75, 3.05) is 17.6 Å². The third-order valence-electron chi connectivity index (χ3n) is 1.65. The maximum atomic E-state index is 5.66. The van der Waals surface area contributed by atoms with Crippen molar-refractivity contribution in [3.05, 3.63) is 23.8 Å². The zero-order valence-electron chi connectivity index (χ0n) is 7.02. The van der Waals surface area contributed by atoms with Crippen LogP contribution in [0.2, 0.25) is 0 Å². The van der Waals surface area contributed by atoms with E-state index in [1.165, 1.54) is 0 Å². The van der Waals surface area contributed by atoms with Crippen molar-refractivity contribution in [1.29, 1.82) is 0 Å². The molecule has 0 unspecified atom stereocenters. The normalized spacial score (nSPS) is 9.64. The van der Waals surface area contributed by atoms with Crippen molar-refractivity contribution < 1.29 is 0 Å². The molecule has 0 aliphatic heterocycles. The predicted octanol–water partition coefficient (Wildman–Crippen LogP) is 2.01. The zero-order valence-corrected chi connectivity index (χ0v) is 7.02. The van der Waals surface area contributed by atoms with E-state index < -0.39 is 0 Å².